The number of aliphatic hydroxyl groups excluding tert-OH is 1. The maximum atomic E-state index is 14.4. The summed E-state index contributed by atoms with van der Waals surface area (Å²) in [5.74, 6) is 0.0723. The molecule has 4 aromatic carbocycles. The van der Waals surface area contributed by atoms with Gasteiger partial charge in [0, 0.05) is 48.8 Å². The summed E-state index contributed by atoms with van der Waals surface area (Å²) < 4.78 is 20.4. The monoisotopic (exact) mass is 711 g/mol. The normalized spacial score (nSPS) is 11.6. The van der Waals surface area contributed by atoms with E-state index in [1.54, 1.807) is 12.3 Å². The molecule has 2 heterocycles. The fraction of sp³-hybridized carbons (Fsp3) is 0.176. The molecule has 1 radical (unpaired) electrons. The van der Waals surface area contributed by atoms with E-state index in [2.05, 4.69) is 67.4 Å². The Balaban J connectivity index is 0.000000413. The number of carbonyl (C=O) groups is 1. The van der Waals surface area contributed by atoms with Gasteiger partial charge in [-0.2, -0.15) is 0 Å². The third-order valence-corrected chi connectivity index (χ3v) is 6.50. The molecule has 4 nitrogen and oxygen atoms in total. The van der Waals surface area contributed by atoms with Gasteiger partial charge in [-0.25, -0.2) is 4.39 Å². The zero-order valence-corrected chi connectivity index (χ0v) is 25.1. The van der Waals surface area contributed by atoms with Gasteiger partial charge in [-0.15, -0.1) is 29.1 Å². The Morgan fingerprint density at radius 1 is 1.00 bits per heavy atom. The van der Waals surface area contributed by atoms with Crippen LogP contribution in [0.1, 0.15) is 33.3 Å². The van der Waals surface area contributed by atoms with Crippen LogP contribution in [0.5, 0.6) is 0 Å². The van der Waals surface area contributed by atoms with Crippen LogP contribution >= 0.6 is 0 Å². The van der Waals surface area contributed by atoms with E-state index < -0.39 is 0 Å². The number of aromatic nitrogens is 1. The molecule has 0 amide bonds. The molecule has 6 rings (SSSR count). The third-order valence-electron chi connectivity index (χ3n) is 6.50. The molecule has 2 aromatic heterocycles. The van der Waals surface area contributed by atoms with Crippen LogP contribution in [0.25, 0.3) is 54.7 Å². The third kappa shape index (κ3) is 5.84. The molecule has 0 atom stereocenters. The van der Waals surface area contributed by atoms with Crippen LogP contribution in [0.4, 0.5) is 4.39 Å². The first-order chi connectivity index (χ1) is 18.7. The number of hydrogen-bond donors (Lipinski definition) is 1. The predicted octanol–water partition coefficient (Wildman–Crippen LogP) is 9.13. The molecule has 0 aliphatic rings. The Bertz CT molecular complexity index is 1880. The molecule has 0 fully saturated rings. The smallest absolute Gasteiger partial charge is 0.170 e. The summed E-state index contributed by atoms with van der Waals surface area (Å²) in [5.41, 5.74) is 3.69. The van der Waals surface area contributed by atoms with Crippen LogP contribution in [0.15, 0.2) is 89.2 Å². The number of halogens is 1. The topological polar surface area (TPSA) is 63.3 Å². The number of ketones is 1. The van der Waals surface area contributed by atoms with Gasteiger partial charge in [-0.1, -0.05) is 67.3 Å². The molecule has 6 aromatic rings. The van der Waals surface area contributed by atoms with Crippen molar-refractivity contribution in [2.75, 3.05) is 0 Å². The molecular weight excluding hydrogens is 682 g/mol. The van der Waals surface area contributed by atoms with Crippen molar-refractivity contribution in [3.05, 3.63) is 102 Å². The van der Waals surface area contributed by atoms with Crippen LogP contribution in [-0.4, -0.2) is 15.9 Å². The molecule has 0 bridgehead atoms. The Kier molecular flexibility index (Phi) is 8.82. The van der Waals surface area contributed by atoms with Crippen LogP contribution in [0.3, 0.4) is 0 Å². The molecule has 0 unspecified atom stereocenters. The van der Waals surface area contributed by atoms with Crippen molar-refractivity contribution in [1.29, 1.82) is 0 Å². The Labute approximate surface area is 245 Å². The van der Waals surface area contributed by atoms with Crippen LogP contribution in [-0.2, 0) is 31.3 Å². The molecule has 0 aliphatic carbocycles. The van der Waals surface area contributed by atoms with Gasteiger partial charge in [0.1, 0.15) is 5.58 Å². The molecular formula is C34H29FIrNO3-. The minimum Gasteiger partial charge on any atom is -0.512 e. The summed E-state index contributed by atoms with van der Waals surface area (Å²) in [6.07, 6.45) is 3.87. The number of hydrogen-bond acceptors (Lipinski definition) is 4. The number of carbonyl (C=O) groups excluding carboxylic acids is 1. The standard InChI is InChI=1S/C29H21FNO.C5H8O2.Ir/c1-17(2)14-20-16-21(15-19-11-10-18-6-3-4-7-22(18)26(19)20)27-29-24(12-13-31-27)23-8-5-9-25(30)28(23)32-29;1-4(6)3-5(2)7;/h3-13,16-17H,14H2,1-2H3;3,6H,1-2H3;/q-1;;/b;4-3-;. The van der Waals surface area contributed by atoms with E-state index in [9.17, 15) is 9.18 Å². The van der Waals surface area contributed by atoms with Crippen LogP contribution in [0.2, 0.25) is 0 Å². The first-order valence-corrected chi connectivity index (χ1v) is 12.9. The average molecular weight is 711 g/mol. The van der Waals surface area contributed by atoms with E-state index in [0.717, 1.165) is 28.1 Å². The van der Waals surface area contributed by atoms with Gasteiger partial charge in [0.2, 0.25) is 0 Å². The SMILES string of the molecule is CC(=O)/C=C(/C)O.CC(C)Cc1cc(-c2nccc3c2oc2c(F)cccc23)[c-]c2ccc3ccccc3c12.[Ir]. The zero-order chi connectivity index (χ0) is 27.7. The van der Waals surface area contributed by atoms with Crippen molar-refractivity contribution < 1.29 is 38.8 Å². The van der Waals surface area contributed by atoms with Crippen molar-refractivity contribution in [2.24, 2.45) is 5.92 Å². The maximum Gasteiger partial charge on any atom is 0.170 e. The van der Waals surface area contributed by atoms with Crippen molar-refractivity contribution >= 4 is 49.3 Å². The minimum atomic E-state index is -0.362. The van der Waals surface area contributed by atoms with E-state index in [1.807, 2.05) is 12.1 Å². The fourth-order valence-electron chi connectivity index (χ4n) is 5.05. The van der Waals surface area contributed by atoms with Crippen molar-refractivity contribution in [2.45, 2.75) is 34.1 Å². The van der Waals surface area contributed by atoms with Crippen molar-refractivity contribution in [3.63, 3.8) is 0 Å². The van der Waals surface area contributed by atoms with Gasteiger partial charge in [0.25, 0.3) is 0 Å². The first kappa shape index (κ1) is 29.1. The Morgan fingerprint density at radius 3 is 2.42 bits per heavy atom. The molecule has 0 saturated carbocycles. The van der Waals surface area contributed by atoms with Crippen molar-refractivity contribution in [1.82, 2.24) is 4.98 Å². The second-order valence-electron chi connectivity index (χ2n) is 10.2. The summed E-state index contributed by atoms with van der Waals surface area (Å²) >= 11 is 0. The van der Waals surface area contributed by atoms with E-state index in [1.165, 1.54) is 47.7 Å². The number of para-hydroxylation sites is 1. The van der Waals surface area contributed by atoms with Gasteiger partial charge in [0.05, 0.1) is 5.76 Å². The molecule has 1 N–H and O–H groups in total. The van der Waals surface area contributed by atoms with Gasteiger partial charge < -0.3 is 9.52 Å². The van der Waals surface area contributed by atoms with Gasteiger partial charge >= 0.3 is 0 Å². The molecule has 0 saturated heterocycles. The second-order valence-corrected chi connectivity index (χ2v) is 10.2. The average Bonchev–Trinajstić information content (AvgIpc) is 3.28. The molecule has 40 heavy (non-hydrogen) atoms. The Hall–Kier alpha value is -3.86. The van der Waals surface area contributed by atoms with E-state index >= 15 is 0 Å². The molecule has 205 valence electrons. The van der Waals surface area contributed by atoms with Gasteiger partial charge in [-0.3, -0.25) is 9.78 Å². The maximum absolute atomic E-state index is 14.4. The summed E-state index contributed by atoms with van der Waals surface area (Å²) in [5, 5.41) is 14.7. The van der Waals surface area contributed by atoms with E-state index in [0.29, 0.717) is 17.2 Å². The number of fused-ring (bicyclic) bond motifs is 6. The second kappa shape index (κ2) is 12.1. The van der Waals surface area contributed by atoms with Crippen LogP contribution < -0.4 is 0 Å². The minimum absolute atomic E-state index is 0. The summed E-state index contributed by atoms with van der Waals surface area (Å²) in [6.45, 7) is 7.31. The van der Waals surface area contributed by atoms with Crippen LogP contribution in [0, 0.1) is 17.8 Å². The number of benzene rings is 4. The van der Waals surface area contributed by atoms with Gasteiger partial charge in [-0.05, 0) is 49.1 Å². The number of furan rings is 1. The van der Waals surface area contributed by atoms with Crippen molar-refractivity contribution in [3.8, 4) is 11.3 Å². The number of nitrogens with zero attached hydrogens (tertiary/aromatic N) is 1. The van der Waals surface area contributed by atoms with E-state index in [4.69, 9.17) is 9.52 Å². The largest absolute Gasteiger partial charge is 0.512 e. The summed E-state index contributed by atoms with van der Waals surface area (Å²) in [4.78, 5) is 14.7. The predicted molar refractivity (Wildman–Crippen MR) is 156 cm³/mol. The zero-order valence-electron chi connectivity index (χ0n) is 22.7. The number of rotatable bonds is 4. The number of aliphatic hydroxyl groups is 1. The molecule has 0 spiro atoms. The summed E-state index contributed by atoms with van der Waals surface area (Å²) in [7, 11) is 0. The fourth-order valence-corrected chi connectivity index (χ4v) is 5.05. The van der Waals surface area contributed by atoms with Gasteiger partial charge in [0.15, 0.2) is 17.2 Å². The quantitative estimate of drug-likeness (QED) is 0.0859. The number of pyridine rings is 1. The Morgan fingerprint density at radius 2 is 1.73 bits per heavy atom. The summed E-state index contributed by atoms with van der Waals surface area (Å²) in [6, 6.07) is 25.4. The molecule has 0 aliphatic heterocycles. The molecule has 6 heteroatoms. The number of allylic oxidation sites excluding steroid dienone is 2. The van der Waals surface area contributed by atoms with E-state index in [-0.39, 0.29) is 43.0 Å². The first-order valence-electron chi connectivity index (χ1n) is 12.9.